The van der Waals surface area contributed by atoms with Gasteiger partial charge in [0.1, 0.15) is 4.90 Å². The van der Waals surface area contributed by atoms with Crippen molar-refractivity contribution in [3.63, 3.8) is 0 Å². The highest BCUT2D eigenvalue weighted by atomic mass is 32.2. The van der Waals surface area contributed by atoms with Gasteiger partial charge in [-0.3, -0.25) is 4.72 Å². The second kappa shape index (κ2) is 5.77. The second-order valence-corrected chi connectivity index (χ2v) is 6.64. The number of aromatic nitrogens is 1. The van der Waals surface area contributed by atoms with Crippen molar-refractivity contribution in [3.05, 3.63) is 34.8 Å². The van der Waals surface area contributed by atoms with E-state index in [1.807, 2.05) is 23.9 Å². The number of hydrogen-bond acceptors (Lipinski definition) is 4. The van der Waals surface area contributed by atoms with E-state index in [1.54, 1.807) is 23.7 Å². The summed E-state index contributed by atoms with van der Waals surface area (Å²) in [7, 11) is -1.66. The van der Waals surface area contributed by atoms with E-state index >= 15 is 0 Å². The molecule has 0 aromatic carbocycles. The number of rotatable bonds is 6. The Kier molecular flexibility index (Phi) is 4.28. The van der Waals surface area contributed by atoms with Gasteiger partial charge in [-0.1, -0.05) is 6.92 Å². The van der Waals surface area contributed by atoms with Crippen LogP contribution >= 0.6 is 11.3 Å². The van der Waals surface area contributed by atoms with Crippen molar-refractivity contribution >= 4 is 27.0 Å². The standard InChI is InChI=1S/C12H17N3O2S2/c1-3-13-7-11-6-12(8-15(11)2)19(16,17)14-10-4-5-18-9-10/h4-6,8-9,13-14H,3,7H2,1-2H3. The van der Waals surface area contributed by atoms with Gasteiger partial charge in [-0.2, -0.15) is 11.3 Å². The number of nitrogens with zero attached hydrogens (tertiary/aromatic N) is 1. The van der Waals surface area contributed by atoms with E-state index in [0.29, 0.717) is 12.2 Å². The molecule has 0 aliphatic heterocycles. The summed E-state index contributed by atoms with van der Waals surface area (Å²) in [6.07, 6.45) is 1.63. The monoisotopic (exact) mass is 299 g/mol. The maximum Gasteiger partial charge on any atom is 0.263 e. The molecule has 0 radical (unpaired) electrons. The van der Waals surface area contributed by atoms with Crippen molar-refractivity contribution in [2.24, 2.45) is 7.05 Å². The van der Waals surface area contributed by atoms with Crippen molar-refractivity contribution < 1.29 is 8.42 Å². The van der Waals surface area contributed by atoms with Gasteiger partial charge in [0.2, 0.25) is 0 Å². The van der Waals surface area contributed by atoms with Crippen LogP contribution in [0.1, 0.15) is 12.6 Å². The number of thiophene rings is 1. The van der Waals surface area contributed by atoms with Crippen LogP contribution in [0.3, 0.4) is 0 Å². The second-order valence-electron chi connectivity index (χ2n) is 4.18. The fourth-order valence-electron chi connectivity index (χ4n) is 1.69. The van der Waals surface area contributed by atoms with Crippen molar-refractivity contribution in [1.82, 2.24) is 9.88 Å². The molecule has 0 spiro atoms. The van der Waals surface area contributed by atoms with Crippen LogP contribution in [-0.2, 0) is 23.6 Å². The lowest BCUT2D eigenvalue weighted by Crippen LogP contribution is -2.14. The summed E-state index contributed by atoms with van der Waals surface area (Å²) in [5, 5.41) is 6.78. The smallest absolute Gasteiger partial charge is 0.263 e. The summed E-state index contributed by atoms with van der Waals surface area (Å²) in [6, 6.07) is 3.43. The Labute approximate surface area is 117 Å². The van der Waals surface area contributed by atoms with Gasteiger partial charge in [-0.25, -0.2) is 8.42 Å². The van der Waals surface area contributed by atoms with E-state index in [4.69, 9.17) is 0 Å². The molecule has 0 atom stereocenters. The first-order valence-corrected chi connectivity index (χ1v) is 8.36. The number of anilines is 1. The molecule has 2 aromatic heterocycles. The molecule has 0 aliphatic rings. The van der Waals surface area contributed by atoms with Crippen LogP contribution in [0.4, 0.5) is 5.69 Å². The van der Waals surface area contributed by atoms with E-state index in [9.17, 15) is 8.42 Å². The van der Waals surface area contributed by atoms with Gasteiger partial charge < -0.3 is 9.88 Å². The van der Waals surface area contributed by atoms with E-state index in [2.05, 4.69) is 10.0 Å². The number of sulfonamides is 1. The molecule has 19 heavy (non-hydrogen) atoms. The van der Waals surface area contributed by atoms with Crippen LogP contribution < -0.4 is 10.0 Å². The molecule has 2 aromatic rings. The largest absolute Gasteiger partial charge is 0.352 e. The topological polar surface area (TPSA) is 63.1 Å². The average Bonchev–Trinajstić information content (AvgIpc) is 2.96. The van der Waals surface area contributed by atoms with Crippen molar-refractivity contribution in [2.45, 2.75) is 18.4 Å². The zero-order chi connectivity index (χ0) is 13.9. The van der Waals surface area contributed by atoms with Crippen molar-refractivity contribution in [1.29, 1.82) is 0 Å². The quantitative estimate of drug-likeness (QED) is 0.857. The molecule has 2 heterocycles. The van der Waals surface area contributed by atoms with Crippen LogP contribution in [0, 0.1) is 0 Å². The van der Waals surface area contributed by atoms with Crippen LogP contribution in [0.25, 0.3) is 0 Å². The summed E-state index contributed by atoms with van der Waals surface area (Å²) in [5.41, 5.74) is 1.54. The van der Waals surface area contributed by atoms with Crippen LogP contribution in [-0.4, -0.2) is 19.5 Å². The summed E-state index contributed by atoms with van der Waals surface area (Å²) in [5.74, 6) is 0. The molecule has 0 unspecified atom stereocenters. The maximum absolute atomic E-state index is 12.2. The summed E-state index contributed by atoms with van der Waals surface area (Å²) in [4.78, 5) is 0.286. The molecule has 0 amide bonds. The van der Waals surface area contributed by atoms with Gasteiger partial charge in [0.15, 0.2) is 0 Å². The molecular formula is C12H17N3O2S2. The Morgan fingerprint density at radius 3 is 2.84 bits per heavy atom. The molecule has 5 nitrogen and oxygen atoms in total. The Morgan fingerprint density at radius 2 is 2.21 bits per heavy atom. The van der Waals surface area contributed by atoms with E-state index in [0.717, 1.165) is 12.2 Å². The van der Waals surface area contributed by atoms with Gasteiger partial charge in [0, 0.05) is 30.9 Å². The van der Waals surface area contributed by atoms with Crippen LogP contribution in [0.2, 0.25) is 0 Å². The molecule has 0 aliphatic carbocycles. The molecule has 0 bridgehead atoms. The fraction of sp³-hybridized carbons (Fsp3) is 0.333. The molecule has 104 valence electrons. The minimum Gasteiger partial charge on any atom is -0.352 e. The summed E-state index contributed by atoms with van der Waals surface area (Å²) >= 11 is 1.45. The molecule has 0 saturated carbocycles. The molecule has 0 fully saturated rings. The zero-order valence-electron chi connectivity index (χ0n) is 10.9. The molecule has 0 saturated heterocycles. The minimum absolute atomic E-state index is 0.286. The molecule has 7 heteroatoms. The van der Waals surface area contributed by atoms with Gasteiger partial charge in [0.05, 0.1) is 5.69 Å². The average molecular weight is 299 g/mol. The molecule has 2 N–H and O–H groups in total. The lowest BCUT2D eigenvalue weighted by atomic mass is 10.4. The maximum atomic E-state index is 12.2. The predicted molar refractivity (Wildman–Crippen MR) is 77.9 cm³/mol. The van der Waals surface area contributed by atoms with Crippen LogP contribution in [0.5, 0.6) is 0 Å². The van der Waals surface area contributed by atoms with Gasteiger partial charge in [0.25, 0.3) is 10.0 Å². The highest BCUT2D eigenvalue weighted by Crippen LogP contribution is 2.19. The third-order valence-electron chi connectivity index (χ3n) is 2.72. The Bertz CT molecular complexity index is 630. The fourth-order valence-corrected chi connectivity index (χ4v) is 3.50. The summed E-state index contributed by atoms with van der Waals surface area (Å²) in [6.45, 7) is 3.51. The SMILES string of the molecule is CCNCc1cc(S(=O)(=O)Nc2ccsc2)cn1C. The van der Waals surface area contributed by atoms with Crippen molar-refractivity contribution in [2.75, 3.05) is 11.3 Å². The van der Waals surface area contributed by atoms with Gasteiger partial charge in [-0.15, -0.1) is 0 Å². The number of hydrogen-bond donors (Lipinski definition) is 2. The first-order chi connectivity index (χ1) is 9.03. The lowest BCUT2D eigenvalue weighted by Gasteiger charge is -2.03. The molecule has 2 rings (SSSR count). The normalized spacial score (nSPS) is 11.7. The summed E-state index contributed by atoms with van der Waals surface area (Å²) < 4.78 is 28.8. The van der Waals surface area contributed by atoms with E-state index in [-0.39, 0.29) is 4.90 Å². The van der Waals surface area contributed by atoms with E-state index < -0.39 is 10.0 Å². The number of nitrogens with one attached hydrogen (secondary N) is 2. The number of aryl methyl sites for hydroxylation is 1. The predicted octanol–water partition coefficient (Wildman–Crippen LogP) is 2.00. The third-order valence-corrected chi connectivity index (χ3v) is 4.75. The first-order valence-electron chi connectivity index (χ1n) is 5.94. The van der Waals surface area contributed by atoms with Gasteiger partial charge >= 0.3 is 0 Å². The zero-order valence-corrected chi connectivity index (χ0v) is 12.5. The van der Waals surface area contributed by atoms with Crippen LogP contribution in [0.15, 0.2) is 34.0 Å². The Hall–Kier alpha value is -1.31. The molecular weight excluding hydrogens is 282 g/mol. The Morgan fingerprint density at radius 1 is 1.42 bits per heavy atom. The van der Waals surface area contributed by atoms with Crippen molar-refractivity contribution in [3.8, 4) is 0 Å². The minimum atomic E-state index is -3.50. The van der Waals surface area contributed by atoms with Gasteiger partial charge in [-0.05, 0) is 24.1 Å². The third kappa shape index (κ3) is 3.37. The first kappa shape index (κ1) is 14.1. The highest BCUT2D eigenvalue weighted by Gasteiger charge is 2.17. The van der Waals surface area contributed by atoms with E-state index in [1.165, 1.54) is 11.3 Å². The highest BCUT2D eigenvalue weighted by molar-refractivity contribution is 7.92. The Balaban J connectivity index is 2.21. The lowest BCUT2D eigenvalue weighted by molar-refractivity contribution is 0.601.